The molecule has 1 N–H and O–H groups in total. The van der Waals surface area contributed by atoms with Crippen LogP contribution in [-0.4, -0.2) is 38.9 Å². The summed E-state index contributed by atoms with van der Waals surface area (Å²) in [6.45, 7) is 0.787. The molecule has 0 saturated carbocycles. The highest BCUT2D eigenvalue weighted by molar-refractivity contribution is 7.90. The van der Waals surface area contributed by atoms with Gasteiger partial charge in [0, 0.05) is 0 Å². The van der Waals surface area contributed by atoms with Gasteiger partial charge in [0.05, 0.1) is 22.6 Å². The molecule has 112 valence electrons. The molecule has 0 radical (unpaired) electrons. The summed E-state index contributed by atoms with van der Waals surface area (Å²) in [6.07, 6.45) is 2.59. The summed E-state index contributed by atoms with van der Waals surface area (Å²) >= 11 is 0. The zero-order chi connectivity index (χ0) is 15.5. The molecule has 1 aromatic carbocycles. The number of piperidine rings is 1. The van der Waals surface area contributed by atoms with E-state index >= 15 is 0 Å². The fourth-order valence-electron chi connectivity index (χ4n) is 2.37. The monoisotopic (exact) mass is 307 g/mol. The van der Waals surface area contributed by atoms with E-state index in [1.165, 1.54) is 24.3 Å². The number of rotatable bonds is 3. The van der Waals surface area contributed by atoms with Gasteiger partial charge in [0.15, 0.2) is 0 Å². The topological polar surface area (TPSA) is 90.3 Å². The summed E-state index contributed by atoms with van der Waals surface area (Å²) in [6, 6.07) is 6.96. The fourth-order valence-corrected chi connectivity index (χ4v) is 3.39. The molecule has 7 heteroatoms. The van der Waals surface area contributed by atoms with Crippen LogP contribution in [0.15, 0.2) is 29.2 Å². The zero-order valence-electron chi connectivity index (χ0n) is 11.7. The first-order chi connectivity index (χ1) is 9.94. The van der Waals surface area contributed by atoms with Crippen LogP contribution in [0.25, 0.3) is 0 Å². The lowest BCUT2D eigenvalue weighted by Gasteiger charge is -2.30. The van der Waals surface area contributed by atoms with Gasteiger partial charge in [-0.15, -0.1) is 0 Å². The Bertz CT molecular complexity index is 662. The van der Waals surface area contributed by atoms with Crippen LogP contribution in [0.5, 0.6) is 0 Å². The number of carbonyl (C=O) groups excluding carboxylic acids is 1. The molecule has 1 amide bonds. The Kier molecular flexibility index (Phi) is 4.60. The first-order valence-electron chi connectivity index (χ1n) is 6.71. The Labute approximate surface area is 124 Å². The van der Waals surface area contributed by atoms with E-state index in [9.17, 15) is 13.2 Å². The number of nitrogens with zero attached hydrogens (tertiary/aromatic N) is 2. The Morgan fingerprint density at radius 2 is 2.00 bits per heavy atom. The van der Waals surface area contributed by atoms with Gasteiger partial charge in [-0.3, -0.25) is 9.69 Å². The highest BCUT2D eigenvalue weighted by Crippen LogP contribution is 2.16. The smallest absolute Gasteiger partial charge is 0.264 e. The number of carbonyl (C=O) groups is 1. The largest absolute Gasteiger partial charge is 0.295 e. The Hall–Kier alpha value is -1.91. The van der Waals surface area contributed by atoms with Crippen molar-refractivity contribution < 1.29 is 13.2 Å². The molecule has 0 bridgehead atoms. The van der Waals surface area contributed by atoms with Crippen molar-refractivity contribution in [2.24, 2.45) is 0 Å². The second-order valence-corrected chi connectivity index (χ2v) is 6.78. The molecule has 0 spiro atoms. The molecular weight excluding hydrogens is 290 g/mol. The van der Waals surface area contributed by atoms with E-state index in [1.807, 2.05) is 18.0 Å². The van der Waals surface area contributed by atoms with Crippen LogP contribution < -0.4 is 4.72 Å². The summed E-state index contributed by atoms with van der Waals surface area (Å²) in [4.78, 5) is 14.0. The van der Waals surface area contributed by atoms with Crippen LogP contribution in [0.4, 0.5) is 0 Å². The van der Waals surface area contributed by atoms with Gasteiger partial charge in [-0.05, 0) is 50.7 Å². The average molecular weight is 307 g/mol. The average Bonchev–Trinajstić information content (AvgIpc) is 2.47. The first kappa shape index (κ1) is 15.5. The normalized spacial score (nSPS) is 19.7. The van der Waals surface area contributed by atoms with E-state index in [4.69, 9.17) is 5.26 Å². The van der Waals surface area contributed by atoms with Crippen LogP contribution >= 0.6 is 0 Å². The van der Waals surface area contributed by atoms with Crippen molar-refractivity contribution in [3.63, 3.8) is 0 Å². The van der Waals surface area contributed by atoms with E-state index in [0.29, 0.717) is 12.0 Å². The van der Waals surface area contributed by atoms with Crippen LogP contribution in [0.1, 0.15) is 24.8 Å². The zero-order valence-corrected chi connectivity index (χ0v) is 12.6. The van der Waals surface area contributed by atoms with Gasteiger partial charge in [0.25, 0.3) is 15.9 Å². The molecule has 0 aliphatic carbocycles. The maximum Gasteiger partial charge on any atom is 0.264 e. The van der Waals surface area contributed by atoms with Gasteiger partial charge in [0.1, 0.15) is 0 Å². The van der Waals surface area contributed by atoms with Crippen molar-refractivity contribution in [1.29, 1.82) is 5.26 Å². The number of nitrogens with one attached hydrogen (secondary N) is 1. The minimum Gasteiger partial charge on any atom is -0.295 e. The summed E-state index contributed by atoms with van der Waals surface area (Å²) in [5.74, 6) is -0.499. The lowest BCUT2D eigenvalue weighted by molar-refractivity contribution is -0.125. The van der Waals surface area contributed by atoms with Crippen molar-refractivity contribution in [3.8, 4) is 6.07 Å². The number of likely N-dealkylation sites (N-methyl/N-ethyl adjacent to an activating group) is 1. The van der Waals surface area contributed by atoms with E-state index in [-0.39, 0.29) is 4.90 Å². The molecule has 1 fully saturated rings. The molecule has 1 atom stereocenters. The quantitative estimate of drug-likeness (QED) is 0.894. The van der Waals surface area contributed by atoms with Gasteiger partial charge < -0.3 is 0 Å². The Morgan fingerprint density at radius 3 is 2.57 bits per heavy atom. The van der Waals surface area contributed by atoms with Crippen molar-refractivity contribution >= 4 is 15.9 Å². The molecule has 1 aromatic rings. The predicted octanol–water partition coefficient (Wildman–Crippen LogP) is 0.847. The highest BCUT2D eigenvalue weighted by Gasteiger charge is 2.29. The van der Waals surface area contributed by atoms with Gasteiger partial charge in [0.2, 0.25) is 0 Å². The molecule has 21 heavy (non-hydrogen) atoms. The molecule has 1 unspecified atom stereocenters. The highest BCUT2D eigenvalue weighted by atomic mass is 32.2. The summed E-state index contributed by atoms with van der Waals surface area (Å²) in [5, 5.41) is 8.70. The van der Waals surface area contributed by atoms with Crippen LogP contribution in [-0.2, 0) is 14.8 Å². The number of likely N-dealkylation sites (tertiary alicyclic amines) is 1. The number of nitriles is 1. The van der Waals surface area contributed by atoms with Crippen LogP contribution in [0.3, 0.4) is 0 Å². The van der Waals surface area contributed by atoms with E-state index < -0.39 is 22.0 Å². The predicted molar refractivity (Wildman–Crippen MR) is 76.8 cm³/mol. The van der Waals surface area contributed by atoms with Crippen molar-refractivity contribution in [2.75, 3.05) is 13.6 Å². The molecule has 1 aliphatic rings. The number of sulfonamides is 1. The molecule has 1 saturated heterocycles. The number of benzene rings is 1. The molecule has 1 heterocycles. The summed E-state index contributed by atoms with van der Waals surface area (Å²) in [7, 11) is -2.08. The molecule has 1 aliphatic heterocycles. The fraction of sp³-hybridized carbons (Fsp3) is 0.429. The van der Waals surface area contributed by atoms with Crippen molar-refractivity contribution in [2.45, 2.75) is 30.2 Å². The summed E-state index contributed by atoms with van der Waals surface area (Å²) in [5.41, 5.74) is 0.368. The second kappa shape index (κ2) is 6.24. The van der Waals surface area contributed by atoms with Crippen LogP contribution in [0.2, 0.25) is 0 Å². The maximum absolute atomic E-state index is 12.2. The van der Waals surface area contributed by atoms with Gasteiger partial charge in [-0.1, -0.05) is 6.42 Å². The minimum atomic E-state index is -3.89. The van der Waals surface area contributed by atoms with E-state index in [2.05, 4.69) is 4.72 Å². The number of hydrogen-bond donors (Lipinski definition) is 1. The van der Waals surface area contributed by atoms with Gasteiger partial charge in [-0.25, -0.2) is 13.1 Å². The first-order valence-corrected chi connectivity index (χ1v) is 8.19. The number of amides is 1. The molecule has 0 aromatic heterocycles. The molecular formula is C14H17N3O3S. The molecule has 2 rings (SSSR count). The maximum atomic E-state index is 12.2. The van der Waals surface area contributed by atoms with Crippen molar-refractivity contribution in [1.82, 2.24) is 9.62 Å². The third-order valence-corrected chi connectivity index (χ3v) is 4.96. The Balaban J connectivity index is 2.13. The third kappa shape index (κ3) is 3.60. The van der Waals surface area contributed by atoms with E-state index in [1.54, 1.807) is 0 Å². The standard InChI is InChI=1S/C14H17N3O3S/c1-17-9-3-2-4-13(17)14(18)16-21(19,20)12-7-5-11(10-15)6-8-12/h5-8,13H,2-4,9H2,1H3,(H,16,18). The number of hydrogen-bond acceptors (Lipinski definition) is 5. The minimum absolute atomic E-state index is 0.0201. The second-order valence-electron chi connectivity index (χ2n) is 5.10. The van der Waals surface area contributed by atoms with E-state index in [0.717, 1.165) is 19.4 Å². The Morgan fingerprint density at radius 1 is 1.33 bits per heavy atom. The summed E-state index contributed by atoms with van der Waals surface area (Å²) < 4.78 is 26.4. The van der Waals surface area contributed by atoms with Crippen LogP contribution in [0, 0.1) is 11.3 Å². The molecule has 6 nitrogen and oxygen atoms in total. The third-order valence-electron chi connectivity index (χ3n) is 3.60. The lowest BCUT2D eigenvalue weighted by Crippen LogP contribution is -2.49. The lowest BCUT2D eigenvalue weighted by atomic mass is 10.0. The van der Waals surface area contributed by atoms with Crippen molar-refractivity contribution in [3.05, 3.63) is 29.8 Å². The van der Waals surface area contributed by atoms with Gasteiger partial charge >= 0.3 is 0 Å². The SMILES string of the molecule is CN1CCCCC1C(=O)NS(=O)(=O)c1ccc(C#N)cc1. The van der Waals surface area contributed by atoms with Gasteiger partial charge in [-0.2, -0.15) is 5.26 Å².